The number of carbonyl (C=O) groups is 2. The van der Waals surface area contributed by atoms with Crippen molar-refractivity contribution in [1.29, 1.82) is 0 Å². The fraction of sp³-hybridized carbons (Fsp3) is 0.391. The third-order valence-corrected chi connectivity index (χ3v) is 5.43. The van der Waals surface area contributed by atoms with Gasteiger partial charge in [0.2, 0.25) is 5.91 Å². The van der Waals surface area contributed by atoms with Crippen LogP contribution in [-0.4, -0.2) is 74.5 Å². The molecule has 0 spiro atoms. The van der Waals surface area contributed by atoms with Crippen LogP contribution in [0.4, 0.5) is 27.5 Å². The van der Waals surface area contributed by atoms with Crippen molar-refractivity contribution in [2.75, 3.05) is 78.5 Å². The summed E-state index contributed by atoms with van der Waals surface area (Å²) in [5, 5.41) is 8.46. The number of hydrogen-bond donors (Lipinski definition) is 3. The summed E-state index contributed by atoms with van der Waals surface area (Å²) in [6.07, 6.45) is 0. The van der Waals surface area contributed by atoms with Crippen molar-refractivity contribution in [3.63, 3.8) is 0 Å². The molecule has 10 heteroatoms. The van der Waals surface area contributed by atoms with E-state index < -0.39 is 0 Å². The van der Waals surface area contributed by atoms with Gasteiger partial charge in [-0.1, -0.05) is 0 Å². The van der Waals surface area contributed by atoms with Gasteiger partial charge in [-0.2, -0.15) is 0 Å². The Labute approximate surface area is 204 Å². The number of nitrogens with zero attached hydrogens (tertiary/aromatic N) is 2. The number of alkyl halides is 2. The van der Waals surface area contributed by atoms with E-state index in [0.717, 1.165) is 18.8 Å². The molecule has 2 aromatic rings. The van der Waals surface area contributed by atoms with Crippen molar-refractivity contribution in [2.45, 2.75) is 0 Å². The molecule has 1 heterocycles. The van der Waals surface area contributed by atoms with E-state index in [4.69, 9.17) is 27.9 Å². The lowest BCUT2D eigenvalue weighted by molar-refractivity contribution is -0.118. The molecule has 0 radical (unpaired) electrons. The number of hydrogen-bond acceptors (Lipinski definition) is 5. The molecular formula is C23H29Cl2N5O3. The number of morpholine rings is 1. The maximum absolute atomic E-state index is 12.3. The lowest BCUT2D eigenvalue weighted by atomic mass is 10.2. The van der Waals surface area contributed by atoms with Crippen molar-refractivity contribution in [3.8, 4) is 0 Å². The summed E-state index contributed by atoms with van der Waals surface area (Å²) in [6, 6.07) is 14.1. The van der Waals surface area contributed by atoms with E-state index in [1.165, 1.54) is 0 Å². The summed E-state index contributed by atoms with van der Waals surface area (Å²) in [5.41, 5.74) is 2.95. The van der Waals surface area contributed by atoms with E-state index in [-0.39, 0.29) is 11.9 Å². The van der Waals surface area contributed by atoms with Crippen molar-refractivity contribution < 1.29 is 14.3 Å². The molecule has 8 nitrogen and oxygen atoms in total. The Kier molecular flexibility index (Phi) is 10.1. The zero-order chi connectivity index (χ0) is 23.5. The fourth-order valence-corrected chi connectivity index (χ4v) is 3.83. The van der Waals surface area contributed by atoms with Gasteiger partial charge in [0, 0.05) is 60.7 Å². The molecule has 0 unspecified atom stereocenters. The molecule has 1 aliphatic heterocycles. The molecule has 0 bridgehead atoms. The number of urea groups is 1. The molecule has 1 aliphatic rings. The van der Waals surface area contributed by atoms with E-state index >= 15 is 0 Å². The van der Waals surface area contributed by atoms with Gasteiger partial charge >= 0.3 is 6.03 Å². The van der Waals surface area contributed by atoms with Crippen LogP contribution >= 0.6 is 23.2 Å². The summed E-state index contributed by atoms with van der Waals surface area (Å²) >= 11 is 11.7. The standard InChI is InChI=1S/C23H29Cl2N5O3/c24-9-11-30(12-10-25)21-7-5-20(6-8-21)28-23(32)27-19-3-1-18(2-4-19)26-22(31)17-29-13-15-33-16-14-29/h1-8H,9-17H2,(H,26,31)(H2,27,28,32). The van der Waals surface area contributed by atoms with Crippen LogP contribution in [0.1, 0.15) is 0 Å². The summed E-state index contributed by atoms with van der Waals surface area (Å²) in [4.78, 5) is 28.7. The third-order valence-electron chi connectivity index (χ3n) is 5.10. The van der Waals surface area contributed by atoms with Gasteiger partial charge in [-0.05, 0) is 48.5 Å². The number of halogens is 2. The minimum absolute atomic E-state index is 0.0746. The van der Waals surface area contributed by atoms with Gasteiger partial charge < -0.3 is 25.6 Å². The number of amides is 3. The van der Waals surface area contributed by atoms with Crippen LogP contribution in [0.2, 0.25) is 0 Å². The summed E-state index contributed by atoms with van der Waals surface area (Å²) in [6.45, 7) is 4.55. The second-order valence-electron chi connectivity index (χ2n) is 7.51. The molecule has 1 saturated heterocycles. The first kappa shape index (κ1) is 25.1. The minimum Gasteiger partial charge on any atom is -0.379 e. The molecule has 3 rings (SSSR count). The van der Waals surface area contributed by atoms with Crippen LogP contribution in [0, 0.1) is 0 Å². The van der Waals surface area contributed by atoms with Gasteiger partial charge in [0.05, 0.1) is 19.8 Å². The maximum atomic E-state index is 12.3. The van der Waals surface area contributed by atoms with Crippen LogP contribution in [0.15, 0.2) is 48.5 Å². The highest BCUT2D eigenvalue weighted by molar-refractivity contribution is 6.18. The second-order valence-corrected chi connectivity index (χ2v) is 8.26. The fourth-order valence-electron chi connectivity index (χ4n) is 3.42. The summed E-state index contributed by atoms with van der Waals surface area (Å²) < 4.78 is 5.29. The first-order valence-corrected chi connectivity index (χ1v) is 11.9. The van der Waals surface area contributed by atoms with Crippen molar-refractivity contribution in [2.24, 2.45) is 0 Å². The molecule has 178 valence electrons. The molecule has 0 saturated carbocycles. The Morgan fingerprint density at radius 3 is 1.82 bits per heavy atom. The SMILES string of the molecule is O=C(CN1CCOCC1)Nc1ccc(NC(=O)Nc2ccc(N(CCCl)CCCl)cc2)cc1. The average Bonchev–Trinajstić information content (AvgIpc) is 2.81. The van der Waals surface area contributed by atoms with Crippen LogP contribution in [0.3, 0.4) is 0 Å². The van der Waals surface area contributed by atoms with Gasteiger partial charge in [0.1, 0.15) is 0 Å². The predicted octanol–water partition coefficient (Wildman–Crippen LogP) is 3.89. The molecule has 3 N–H and O–H groups in total. The quantitative estimate of drug-likeness (QED) is 0.437. The van der Waals surface area contributed by atoms with E-state index in [2.05, 4.69) is 25.8 Å². The highest BCUT2D eigenvalue weighted by atomic mass is 35.5. The summed E-state index contributed by atoms with van der Waals surface area (Å²) in [5.74, 6) is 0.945. The zero-order valence-electron chi connectivity index (χ0n) is 18.4. The third kappa shape index (κ3) is 8.40. The normalized spacial score (nSPS) is 13.9. The van der Waals surface area contributed by atoms with Crippen LogP contribution < -0.4 is 20.9 Å². The number of benzene rings is 2. The highest BCUT2D eigenvalue weighted by Crippen LogP contribution is 2.19. The van der Waals surface area contributed by atoms with E-state index in [0.29, 0.717) is 61.7 Å². The number of rotatable bonds is 10. The molecule has 0 aliphatic carbocycles. The first-order valence-electron chi connectivity index (χ1n) is 10.8. The first-order chi connectivity index (χ1) is 16.1. The van der Waals surface area contributed by atoms with Crippen LogP contribution in [-0.2, 0) is 9.53 Å². The lowest BCUT2D eigenvalue weighted by Crippen LogP contribution is -2.41. The van der Waals surface area contributed by atoms with Gasteiger partial charge in [-0.25, -0.2) is 4.79 Å². The van der Waals surface area contributed by atoms with Crippen LogP contribution in [0.25, 0.3) is 0 Å². The molecule has 3 amide bonds. The van der Waals surface area contributed by atoms with Crippen LogP contribution in [0.5, 0.6) is 0 Å². The number of carbonyl (C=O) groups excluding carboxylic acids is 2. The minimum atomic E-state index is -0.356. The highest BCUT2D eigenvalue weighted by Gasteiger charge is 2.14. The summed E-state index contributed by atoms with van der Waals surface area (Å²) in [7, 11) is 0. The Morgan fingerprint density at radius 2 is 1.30 bits per heavy atom. The largest absolute Gasteiger partial charge is 0.379 e. The smallest absolute Gasteiger partial charge is 0.323 e. The Hall–Kier alpha value is -2.52. The Morgan fingerprint density at radius 1 is 0.818 bits per heavy atom. The number of nitrogens with one attached hydrogen (secondary N) is 3. The zero-order valence-corrected chi connectivity index (χ0v) is 19.9. The number of anilines is 4. The molecule has 1 fully saturated rings. The van der Waals surface area contributed by atoms with Gasteiger partial charge in [-0.3, -0.25) is 9.69 Å². The van der Waals surface area contributed by atoms with E-state index in [9.17, 15) is 9.59 Å². The molecular weight excluding hydrogens is 465 g/mol. The van der Waals surface area contributed by atoms with Crippen molar-refractivity contribution in [1.82, 2.24) is 4.90 Å². The average molecular weight is 494 g/mol. The number of ether oxygens (including phenoxy) is 1. The van der Waals surface area contributed by atoms with Gasteiger partial charge in [-0.15, -0.1) is 23.2 Å². The molecule has 33 heavy (non-hydrogen) atoms. The van der Waals surface area contributed by atoms with Crippen molar-refractivity contribution >= 4 is 57.9 Å². The van der Waals surface area contributed by atoms with E-state index in [1.807, 2.05) is 24.3 Å². The predicted molar refractivity (Wildman–Crippen MR) is 135 cm³/mol. The topological polar surface area (TPSA) is 85.9 Å². The van der Waals surface area contributed by atoms with E-state index in [1.54, 1.807) is 24.3 Å². The monoisotopic (exact) mass is 493 g/mol. The maximum Gasteiger partial charge on any atom is 0.323 e. The second kappa shape index (κ2) is 13.3. The molecule has 0 aromatic heterocycles. The molecule has 2 aromatic carbocycles. The van der Waals surface area contributed by atoms with Gasteiger partial charge in [0.25, 0.3) is 0 Å². The van der Waals surface area contributed by atoms with Crippen molar-refractivity contribution in [3.05, 3.63) is 48.5 Å². The molecule has 0 atom stereocenters. The Balaban J connectivity index is 1.46. The Bertz CT molecular complexity index is 884. The lowest BCUT2D eigenvalue weighted by Gasteiger charge is -2.25. The van der Waals surface area contributed by atoms with Gasteiger partial charge in [0.15, 0.2) is 0 Å².